The standard InChI is InChI=1S/C23H19F5N4O4/c24-17-5-13(6-18(25)21(17)36-16-1-2-29-19(8-16)23(26,27)28)11-35-20-7-14-9-31-3-4-34-12-15(31)10-32(14)22(33)30-20/h1-2,5-8,15H,3-4,9-12H2/t15-/m0/s1. The molecule has 0 aliphatic carbocycles. The quantitative estimate of drug-likeness (QED) is 0.486. The maximum Gasteiger partial charge on any atom is 0.433 e. The minimum Gasteiger partial charge on any atom is -0.473 e. The lowest BCUT2D eigenvalue weighted by Gasteiger charge is -2.40. The van der Waals surface area contributed by atoms with Gasteiger partial charge in [-0.25, -0.2) is 13.6 Å². The van der Waals surface area contributed by atoms with Gasteiger partial charge < -0.3 is 14.2 Å². The van der Waals surface area contributed by atoms with Gasteiger partial charge >= 0.3 is 11.9 Å². The van der Waals surface area contributed by atoms with Gasteiger partial charge in [-0.05, 0) is 23.8 Å². The predicted molar refractivity (Wildman–Crippen MR) is 114 cm³/mol. The number of aromatic nitrogens is 3. The highest BCUT2D eigenvalue weighted by molar-refractivity contribution is 5.36. The number of halogens is 5. The summed E-state index contributed by atoms with van der Waals surface area (Å²) in [6.45, 7) is 2.53. The molecule has 0 N–H and O–H groups in total. The maximum absolute atomic E-state index is 14.6. The first-order chi connectivity index (χ1) is 17.2. The molecule has 190 valence electrons. The third-order valence-electron chi connectivity index (χ3n) is 5.87. The van der Waals surface area contributed by atoms with E-state index in [0.717, 1.165) is 30.9 Å². The molecule has 0 bridgehead atoms. The maximum atomic E-state index is 14.6. The van der Waals surface area contributed by atoms with Crippen molar-refractivity contribution in [2.45, 2.75) is 31.9 Å². The Hall–Kier alpha value is -3.58. The van der Waals surface area contributed by atoms with Gasteiger partial charge in [0.1, 0.15) is 18.1 Å². The van der Waals surface area contributed by atoms with Crippen LogP contribution in [0.2, 0.25) is 0 Å². The number of rotatable bonds is 5. The second kappa shape index (κ2) is 9.47. The molecule has 36 heavy (non-hydrogen) atoms. The van der Waals surface area contributed by atoms with Crippen LogP contribution in [0.5, 0.6) is 17.4 Å². The van der Waals surface area contributed by atoms with Crippen LogP contribution in [0.15, 0.2) is 41.3 Å². The predicted octanol–water partition coefficient (Wildman–Crippen LogP) is 3.52. The molecular formula is C23H19F5N4O4. The Kier molecular flexibility index (Phi) is 6.35. The highest BCUT2D eigenvalue weighted by atomic mass is 19.4. The van der Waals surface area contributed by atoms with E-state index in [1.807, 2.05) is 0 Å². The molecule has 3 aromatic rings. The van der Waals surface area contributed by atoms with Gasteiger partial charge in [0, 0.05) is 43.7 Å². The normalized spacial score (nSPS) is 17.9. The lowest BCUT2D eigenvalue weighted by Crippen LogP contribution is -2.52. The van der Waals surface area contributed by atoms with Crippen molar-refractivity contribution >= 4 is 0 Å². The molecule has 1 fully saturated rings. The molecule has 2 aliphatic heterocycles. The first-order valence-corrected chi connectivity index (χ1v) is 10.9. The van der Waals surface area contributed by atoms with Gasteiger partial charge in [0.15, 0.2) is 17.4 Å². The van der Waals surface area contributed by atoms with E-state index in [9.17, 15) is 26.7 Å². The third kappa shape index (κ3) is 5.02. The monoisotopic (exact) mass is 510 g/mol. The van der Waals surface area contributed by atoms with E-state index in [1.165, 1.54) is 0 Å². The molecule has 0 spiro atoms. The number of hydrogen-bond acceptors (Lipinski definition) is 7. The lowest BCUT2D eigenvalue weighted by atomic mass is 10.1. The first kappa shape index (κ1) is 24.1. The molecule has 1 aromatic carbocycles. The Morgan fingerprint density at radius 1 is 1.14 bits per heavy atom. The van der Waals surface area contributed by atoms with Crippen LogP contribution in [-0.2, 0) is 30.6 Å². The molecule has 2 aromatic heterocycles. The first-order valence-electron chi connectivity index (χ1n) is 10.9. The van der Waals surface area contributed by atoms with Crippen LogP contribution < -0.4 is 15.2 Å². The van der Waals surface area contributed by atoms with Crippen LogP contribution in [0.3, 0.4) is 0 Å². The van der Waals surface area contributed by atoms with E-state index >= 15 is 0 Å². The highest BCUT2D eigenvalue weighted by Gasteiger charge is 2.33. The van der Waals surface area contributed by atoms with Gasteiger partial charge in [0.05, 0.1) is 19.3 Å². The minimum absolute atomic E-state index is 0.00979. The smallest absolute Gasteiger partial charge is 0.433 e. The Labute approximate surface area is 200 Å². The number of benzene rings is 1. The zero-order valence-corrected chi connectivity index (χ0v) is 18.6. The minimum atomic E-state index is -4.74. The summed E-state index contributed by atoms with van der Waals surface area (Å²) in [5, 5.41) is 0. The molecule has 5 rings (SSSR count). The number of pyridine rings is 1. The molecule has 4 heterocycles. The van der Waals surface area contributed by atoms with Gasteiger partial charge in [0.25, 0.3) is 0 Å². The lowest BCUT2D eigenvalue weighted by molar-refractivity contribution is -0.141. The zero-order chi connectivity index (χ0) is 25.4. The van der Waals surface area contributed by atoms with E-state index in [0.29, 0.717) is 38.1 Å². The van der Waals surface area contributed by atoms with Crippen molar-refractivity contribution in [1.82, 2.24) is 19.4 Å². The molecule has 0 amide bonds. The van der Waals surface area contributed by atoms with Crippen molar-refractivity contribution in [3.05, 3.63) is 75.6 Å². The van der Waals surface area contributed by atoms with E-state index < -0.39 is 40.7 Å². The Bertz CT molecular complexity index is 1320. The molecule has 0 unspecified atom stereocenters. The van der Waals surface area contributed by atoms with Crippen molar-refractivity contribution < 1.29 is 36.2 Å². The van der Waals surface area contributed by atoms with E-state index in [-0.39, 0.29) is 24.1 Å². The van der Waals surface area contributed by atoms with Gasteiger partial charge in [-0.2, -0.15) is 18.2 Å². The number of nitrogens with zero attached hydrogens (tertiary/aromatic N) is 4. The van der Waals surface area contributed by atoms with E-state index in [4.69, 9.17) is 14.2 Å². The number of alkyl halides is 3. The van der Waals surface area contributed by atoms with Gasteiger partial charge in [-0.3, -0.25) is 14.5 Å². The molecule has 0 radical (unpaired) electrons. The molecule has 0 saturated carbocycles. The topological polar surface area (TPSA) is 78.7 Å². The van der Waals surface area contributed by atoms with Crippen LogP contribution in [-0.4, -0.2) is 45.2 Å². The summed E-state index contributed by atoms with van der Waals surface area (Å²) in [6.07, 6.45) is -3.92. The molecular weight excluding hydrogens is 491 g/mol. The van der Waals surface area contributed by atoms with Crippen LogP contribution in [0, 0.1) is 11.6 Å². The van der Waals surface area contributed by atoms with Crippen molar-refractivity contribution in [2.75, 3.05) is 19.8 Å². The zero-order valence-electron chi connectivity index (χ0n) is 18.6. The summed E-state index contributed by atoms with van der Waals surface area (Å²) < 4.78 is 85.1. The summed E-state index contributed by atoms with van der Waals surface area (Å²) in [7, 11) is 0. The molecule has 1 saturated heterocycles. The summed E-state index contributed by atoms with van der Waals surface area (Å²) in [6, 6.07) is 5.14. The fraction of sp³-hybridized carbons (Fsp3) is 0.348. The number of morpholine rings is 1. The second-order valence-corrected chi connectivity index (χ2v) is 8.33. The fourth-order valence-corrected chi connectivity index (χ4v) is 4.11. The van der Waals surface area contributed by atoms with Crippen molar-refractivity contribution in [1.29, 1.82) is 0 Å². The summed E-state index contributed by atoms with van der Waals surface area (Å²) in [4.78, 5) is 21.8. The third-order valence-corrected chi connectivity index (χ3v) is 5.87. The van der Waals surface area contributed by atoms with E-state index in [2.05, 4.69) is 14.9 Å². The SMILES string of the molecule is O=c1nc(OCc2cc(F)c(Oc3ccnc(C(F)(F)F)c3)c(F)c2)cc2n1C[C@H]1COCCN1C2. The summed E-state index contributed by atoms with van der Waals surface area (Å²) in [5.74, 6) is -3.58. The highest BCUT2D eigenvalue weighted by Crippen LogP contribution is 2.33. The second-order valence-electron chi connectivity index (χ2n) is 8.33. The number of ether oxygens (including phenoxy) is 3. The Morgan fingerprint density at radius 3 is 2.67 bits per heavy atom. The van der Waals surface area contributed by atoms with Crippen LogP contribution in [0.4, 0.5) is 22.0 Å². The van der Waals surface area contributed by atoms with E-state index in [1.54, 1.807) is 10.6 Å². The number of hydrogen-bond donors (Lipinski definition) is 0. The van der Waals surface area contributed by atoms with Crippen LogP contribution in [0.1, 0.15) is 17.0 Å². The van der Waals surface area contributed by atoms with Crippen molar-refractivity contribution in [3.8, 4) is 17.4 Å². The van der Waals surface area contributed by atoms with Crippen molar-refractivity contribution in [3.63, 3.8) is 0 Å². The summed E-state index contributed by atoms with van der Waals surface area (Å²) in [5.41, 5.74) is -0.983. The molecule has 13 heteroatoms. The van der Waals surface area contributed by atoms with Crippen LogP contribution >= 0.6 is 0 Å². The van der Waals surface area contributed by atoms with Gasteiger partial charge in [0.2, 0.25) is 5.88 Å². The largest absolute Gasteiger partial charge is 0.473 e. The summed E-state index contributed by atoms with van der Waals surface area (Å²) >= 11 is 0. The molecule has 8 nitrogen and oxygen atoms in total. The number of fused-ring (bicyclic) bond motifs is 2. The van der Waals surface area contributed by atoms with Gasteiger partial charge in [-0.1, -0.05) is 0 Å². The average molecular weight is 510 g/mol. The Balaban J connectivity index is 1.30. The van der Waals surface area contributed by atoms with Gasteiger partial charge in [-0.15, -0.1) is 0 Å². The fourth-order valence-electron chi connectivity index (χ4n) is 4.11. The average Bonchev–Trinajstić information content (AvgIpc) is 2.84. The van der Waals surface area contributed by atoms with Crippen molar-refractivity contribution in [2.24, 2.45) is 0 Å². The molecule has 1 atom stereocenters. The van der Waals surface area contributed by atoms with Crippen LogP contribution in [0.25, 0.3) is 0 Å². The Morgan fingerprint density at radius 2 is 1.92 bits per heavy atom. The molecule has 2 aliphatic rings.